The Hall–Kier alpha value is -0.610. The summed E-state index contributed by atoms with van der Waals surface area (Å²) in [7, 11) is 0. The highest BCUT2D eigenvalue weighted by molar-refractivity contribution is 5.81. The van der Waals surface area contributed by atoms with Gasteiger partial charge in [0.25, 0.3) is 0 Å². The minimum Gasteiger partial charge on any atom is -0.376 e. The van der Waals surface area contributed by atoms with Gasteiger partial charge in [-0.25, -0.2) is 0 Å². The van der Waals surface area contributed by atoms with Crippen LogP contribution in [0.5, 0.6) is 0 Å². The van der Waals surface area contributed by atoms with Gasteiger partial charge in [0.05, 0.1) is 12.1 Å². The van der Waals surface area contributed by atoms with Gasteiger partial charge in [0.2, 0.25) is 5.91 Å². The number of nitrogens with one attached hydrogen (secondary N) is 2. The molecular formula is C10H18N2O2. The van der Waals surface area contributed by atoms with Crippen LogP contribution in [0.1, 0.15) is 25.7 Å². The van der Waals surface area contributed by atoms with E-state index in [9.17, 15) is 4.79 Å². The van der Waals surface area contributed by atoms with Crippen molar-refractivity contribution in [3.63, 3.8) is 0 Å². The quantitative estimate of drug-likeness (QED) is 0.673. The molecule has 0 bridgehead atoms. The summed E-state index contributed by atoms with van der Waals surface area (Å²) in [5, 5.41) is 6.12. The molecule has 2 atom stereocenters. The van der Waals surface area contributed by atoms with Crippen molar-refractivity contribution >= 4 is 5.91 Å². The zero-order valence-electron chi connectivity index (χ0n) is 8.42. The van der Waals surface area contributed by atoms with Crippen LogP contribution in [0.2, 0.25) is 0 Å². The SMILES string of the molecule is O=C(NC[C@H]1CCCO1)[C@H]1CCCN1. The van der Waals surface area contributed by atoms with Gasteiger partial charge in [0.1, 0.15) is 0 Å². The van der Waals surface area contributed by atoms with E-state index in [2.05, 4.69) is 10.6 Å². The highest BCUT2D eigenvalue weighted by atomic mass is 16.5. The third-order valence-electron chi connectivity index (χ3n) is 2.90. The third-order valence-corrected chi connectivity index (χ3v) is 2.90. The number of rotatable bonds is 3. The van der Waals surface area contributed by atoms with Crippen LogP contribution in [0, 0.1) is 0 Å². The average molecular weight is 198 g/mol. The van der Waals surface area contributed by atoms with Crippen molar-refractivity contribution in [2.75, 3.05) is 19.7 Å². The van der Waals surface area contributed by atoms with E-state index >= 15 is 0 Å². The van der Waals surface area contributed by atoms with Crippen LogP contribution in [-0.2, 0) is 9.53 Å². The maximum Gasteiger partial charge on any atom is 0.237 e. The van der Waals surface area contributed by atoms with Crippen molar-refractivity contribution in [3.05, 3.63) is 0 Å². The second kappa shape index (κ2) is 4.75. The smallest absolute Gasteiger partial charge is 0.237 e. The maximum absolute atomic E-state index is 11.6. The van der Waals surface area contributed by atoms with Crippen molar-refractivity contribution in [2.45, 2.75) is 37.8 Å². The van der Waals surface area contributed by atoms with Crippen LogP contribution >= 0.6 is 0 Å². The largest absolute Gasteiger partial charge is 0.376 e. The molecule has 4 heteroatoms. The van der Waals surface area contributed by atoms with Crippen LogP contribution in [-0.4, -0.2) is 37.7 Å². The highest BCUT2D eigenvalue weighted by Gasteiger charge is 2.23. The van der Waals surface area contributed by atoms with Crippen molar-refractivity contribution in [2.24, 2.45) is 0 Å². The van der Waals surface area contributed by atoms with Gasteiger partial charge in [-0.3, -0.25) is 4.79 Å². The van der Waals surface area contributed by atoms with E-state index in [-0.39, 0.29) is 18.1 Å². The molecule has 0 saturated carbocycles. The minimum atomic E-state index is 0.0383. The summed E-state index contributed by atoms with van der Waals surface area (Å²) < 4.78 is 5.43. The summed E-state index contributed by atoms with van der Waals surface area (Å²) >= 11 is 0. The molecule has 2 heterocycles. The normalized spacial score (nSPS) is 32.0. The van der Waals surface area contributed by atoms with Gasteiger partial charge in [-0.15, -0.1) is 0 Å². The Kier molecular flexibility index (Phi) is 3.37. The zero-order valence-corrected chi connectivity index (χ0v) is 8.42. The summed E-state index contributed by atoms with van der Waals surface area (Å²) in [6, 6.07) is 0.0383. The lowest BCUT2D eigenvalue weighted by atomic mass is 10.2. The number of hydrogen-bond acceptors (Lipinski definition) is 3. The van der Waals surface area contributed by atoms with Crippen molar-refractivity contribution in [3.8, 4) is 0 Å². The fraction of sp³-hybridized carbons (Fsp3) is 0.900. The molecular weight excluding hydrogens is 180 g/mol. The molecule has 2 aliphatic heterocycles. The second-order valence-corrected chi connectivity index (χ2v) is 4.03. The van der Waals surface area contributed by atoms with Crippen molar-refractivity contribution in [1.29, 1.82) is 0 Å². The van der Waals surface area contributed by atoms with Crippen molar-refractivity contribution < 1.29 is 9.53 Å². The molecule has 1 amide bonds. The molecule has 0 aromatic heterocycles. The summed E-state index contributed by atoms with van der Waals surface area (Å²) in [5.74, 6) is 0.137. The predicted octanol–water partition coefficient (Wildman–Crippen LogP) is 0.0336. The summed E-state index contributed by atoms with van der Waals surface area (Å²) in [5.41, 5.74) is 0. The molecule has 2 rings (SSSR count). The summed E-state index contributed by atoms with van der Waals surface area (Å²) in [6.07, 6.45) is 4.54. The molecule has 2 saturated heterocycles. The average Bonchev–Trinajstić information content (AvgIpc) is 2.87. The molecule has 14 heavy (non-hydrogen) atoms. The van der Waals surface area contributed by atoms with Crippen LogP contribution in [0.15, 0.2) is 0 Å². The highest BCUT2D eigenvalue weighted by Crippen LogP contribution is 2.11. The standard InChI is InChI=1S/C10H18N2O2/c13-10(9-4-1-5-11-9)12-7-8-3-2-6-14-8/h8-9,11H,1-7H2,(H,12,13)/t8-,9-/m1/s1. The van der Waals surface area contributed by atoms with Gasteiger partial charge < -0.3 is 15.4 Å². The number of amides is 1. The van der Waals surface area contributed by atoms with Crippen molar-refractivity contribution in [1.82, 2.24) is 10.6 Å². The van der Waals surface area contributed by atoms with E-state index in [1.54, 1.807) is 0 Å². The lowest BCUT2D eigenvalue weighted by Crippen LogP contribution is -2.43. The Morgan fingerprint density at radius 3 is 3.00 bits per heavy atom. The fourth-order valence-corrected chi connectivity index (χ4v) is 2.05. The Morgan fingerprint density at radius 2 is 2.36 bits per heavy atom. The molecule has 0 radical (unpaired) electrons. The molecule has 2 N–H and O–H groups in total. The molecule has 0 spiro atoms. The lowest BCUT2D eigenvalue weighted by molar-refractivity contribution is -0.123. The Balaban J connectivity index is 1.66. The Morgan fingerprint density at radius 1 is 1.43 bits per heavy atom. The number of hydrogen-bond donors (Lipinski definition) is 2. The monoisotopic (exact) mass is 198 g/mol. The van der Waals surface area contributed by atoms with Gasteiger partial charge in [-0.1, -0.05) is 0 Å². The summed E-state index contributed by atoms with van der Waals surface area (Å²) in [4.78, 5) is 11.6. The first-order valence-corrected chi connectivity index (χ1v) is 5.49. The van der Waals surface area contributed by atoms with E-state index in [1.807, 2.05) is 0 Å². The van der Waals surface area contributed by atoms with Gasteiger partial charge in [-0.2, -0.15) is 0 Å². The van der Waals surface area contributed by atoms with Gasteiger partial charge in [-0.05, 0) is 32.2 Å². The second-order valence-electron chi connectivity index (χ2n) is 4.03. The van der Waals surface area contributed by atoms with E-state index in [0.29, 0.717) is 6.54 Å². The van der Waals surface area contributed by atoms with E-state index in [4.69, 9.17) is 4.74 Å². The minimum absolute atomic E-state index is 0.0383. The van der Waals surface area contributed by atoms with Crippen LogP contribution in [0.4, 0.5) is 0 Å². The van der Waals surface area contributed by atoms with Gasteiger partial charge >= 0.3 is 0 Å². The topological polar surface area (TPSA) is 50.4 Å². The van der Waals surface area contributed by atoms with Crippen LogP contribution in [0.3, 0.4) is 0 Å². The summed E-state index contributed by atoms with van der Waals surface area (Å²) in [6.45, 7) is 2.50. The van der Waals surface area contributed by atoms with Crippen LogP contribution < -0.4 is 10.6 Å². The maximum atomic E-state index is 11.6. The molecule has 0 unspecified atom stereocenters. The molecule has 2 aliphatic rings. The zero-order chi connectivity index (χ0) is 9.80. The van der Waals surface area contributed by atoms with E-state index in [1.165, 1.54) is 0 Å². The first-order chi connectivity index (χ1) is 6.86. The van der Waals surface area contributed by atoms with Crippen LogP contribution in [0.25, 0.3) is 0 Å². The van der Waals surface area contributed by atoms with E-state index in [0.717, 1.165) is 38.8 Å². The Bertz CT molecular complexity index is 196. The number of carbonyl (C=O) groups is 1. The van der Waals surface area contributed by atoms with Gasteiger partial charge in [0, 0.05) is 13.2 Å². The Labute approximate surface area is 84.4 Å². The molecule has 0 aliphatic carbocycles. The molecule has 80 valence electrons. The number of ether oxygens (including phenoxy) is 1. The van der Waals surface area contributed by atoms with E-state index < -0.39 is 0 Å². The molecule has 2 fully saturated rings. The van der Waals surface area contributed by atoms with Gasteiger partial charge in [0.15, 0.2) is 0 Å². The predicted molar refractivity (Wildman–Crippen MR) is 53.0 cm³/mol. The first kappa shape index (κ1) is 9.93. The molecule has 0 aromatic carbocycles. The molecule has 4 nitrogen and oxygen atoms in total. The third kappa shape index (κ3) is 2.45. The first-order valence-electron chi connectivity index (χ1n) is 5.49. The lowest BCUT2D eigenvalue weighted by Gasteiger charge is -2.14. The molecule has 0 aromatic rings. The fourth-order valence-electron chi connectivity index (χ4n) is 2.05. The number of carbonyl (C=O) groups excluding carboxylic acids is 1.